The second kappa shape index (κ2) is 6.23. The molecule has 0 saturated heterocycles. The summed E-state index contributed by atoms with van der Waals surface area (Å²) >= 11 is 0. The zero-order valence-corrected chi connectivity index (χ0v) is 9.20. The lowest BCUT2D eigenvalue weighted by Gasteiger charge is -2.02. The summed E-state index contributed by atoms with van der Waals surface area (Å²) in [6.45, 7) is 2.14. The minimum absolute atomic E-state index is 0.285. The van der Waals surface area contributed by atoms with E-state index in [4.69, 9.17) is 5.11 Å². The van der Waals surface area contributed by atoms with Crippen molar-refractivity contribution in [2.24, 2.45) is 0 Å². The third-order valence-corrected chi connectivity index (χ3v) is 2.54. The molecule has 0 amide bonds. The molecule has 0 aliphatic heterocycles. The van der Waals surface area contributed by atoms with E-state index in [0.29, 0.717) is 0 Å². The van der Waals surface area contributed by atoms with Gasteiger partial charge in [0, 0.05) is 6.42 Å². The first-order valence-corrected chi connectivity index (χ1v) is 5.52. The van der Waals surface area contributed by atoms with Gasteiger partial charge < -0.3 is 5.11 Å². The van der Waals surface area contributed by atoms with Gasteiger partial charge in [-0.25, -0.2) is 0 Å². The fourth-order valence-electron chi connectivity index (χ4n) is 1.55. The van der Waals surface area contributed by atoms with Gasteiger partial charge in [-0.2, -0.15) is 0 Å². The fraction of sp³-hybridized carbons (Fsp3) is 0.462. The van der Waals surface area contributed by atoms with Gasteiger partial charge in [0.2, 0.25) is 0 Å². The molecule has 0 atom stereocenters. The van der Waals surface area contributed by atoms with Crippen LogP contribution in [-0.4, -0.2) is 11.1 Å². The first kappa shape index (κ1) is 11.8. The van der Waals surface area contributed by atoms with Crippen LogP contribution in [0.5, 0.6) is 0 Å². The maximum atomic E-state index is 10.3. The normalized spacial score (nSPS) is 10.2. The average molecular weight is 206 g/mol. The summed E-state index contributed by atoms with van der Waals surface area (Å²) < 4.78 is 0. The highest BCUT2D eigenvalue weighted by molar-refractivity contribution is 5.66. The molecule has 2 heteroatoms. The molecule has 2 nitrogen and oxygen atoms in total. The molecule has 0 spiro atoms. The zero-order valence-electron chi connectivity index (χ0n) is 9.20. The highest BCUT2D eigenvalue weighted by Gasteiger charge is 1.97. The van der Waals surface area contributed by atoms with E-state index in [2.05, 4.69) is 31.2 Å². The van der Waals surface area contributed by atoms with E-state index in [9.17, 15) is 4.79 Å². The summed E-state index contributed by atoms with van der Waals surface area (Å²) in [5.74, 6) is -0.698. The van der Waals surface area contributed by atoms with Crippen LogP contribution < -0.4 is 0 Å². The Morgan fingerprint density at radius 3 is 2.27 bits per heavy atom. The first-order valence-electron chi connectivity index (χ1n) is 5.52. The van der Waals surface area contributed by atoms with Gasteiger partial charge in [0.05, 0.1) is 0 Å². The van der Waals surface area contributed by atoms with E-state index in [1.165, 1.54) is 11.1 Å². The summed E-state index contributed by atoms with van der Waals surface area (Å²) in [7, 11) is 0. The van der Waals surface area contributed by atoms with Crippen LogP contribution in [-0.2, 0) is 17.6 Å². The standard InChI is InChI=1S/C13H18O2/c1-2-11-7-9-12(10-8-11)5-3-4-6-13(14)15/h7-10H,2-6H2,1H3,(H,14,15). The van der Waals surface area contributed by atoms with Gasteiger partial charge in [0.15, 0.2) is 0 Å². The van der Waals surface area contributed by atoms with E-state index in [1.807, 2.05) is 0 Å². The summed E-state index contributed by atoms with van der Waals surface area (Å²) in [5.41, 5.74) is 2.65. The van der Waals surface area contributed by atoms with Crippen molar-refractivity contribution >= 4 is 5.97 Å². The summed E-state index contributed by atoms with van der Waals surface area (Å²) in [4.78, 5) is 10.3. The molecule has 0 unspecified atom stereocenters. The third-order valence-electron chi connectivity index (χ3n) is 2.54. The molecule has 0 saturated carbocycles. The zero-order chi connectivity index (χ0) is 11.1. The summed E-state index contributed by atoms with van der Waals surface area (Å²) in [6, 6.07) is 8.57. The van der Waals surface area contributed by atoms with E-state index in [0.717, 1.165) is 25.7 Å². The number of hydrogen-bond acceptors (Lipinski definition) is 1. The highest BCUT2D eigenvalue weighted by atomic mass is 16.4. The predicted octanol–water partition coefficient (Wildman–Crippen LogP) is 3.05. The van der Waals surface area contributed by atoms with Crippen molar-refractivity contribution in [1.82, 2.24) is 0 Å². The number of unbranched alkanes of at least 4 members (excludes halogenated alkanes) is 1. The topological polar surface area (TPSA) is 37.3 Å². The molecule has 0 aliphatic carbocycles. The number of hydrogen-bond donors (Lipinski definition) is 1. The van der Waals surface area contributed by atoms with Crippen LogP contribution in [0.2, 0.25) is 0 Å². The second-order valence-electron chi connectivity index (χ2n) is 3.77. The van der Waals surface area contributed by atoms with Crippen LogP contribution in [0, 0.1) is 0 Å². The van der Waals surface area contributed by atoms with Crippen molar-refractivity contribution < 1.29 is 9.90 Å². The van der Waals surface area contributed by atoms with Crippen LogP contribution in [0.1, 0.15) is 37.3 Å². The van der Waals surface area contributed by atoms with Gasteiger partial charge >= 0.3 is 5.97 Å². The lowest BCUT2D eigenvalue weighted by Crippen LogP contribution is -1.95. The van der Waals surface area contributed by atoms with Gasteiger partial charge in [-0.05, 0) is 36.8 Å². The Labute approximate surface area is 90.9 Å². The summed E-state index contributed by atoms with van der Waals surface area (Å²) in [6.07, 6.45) is 4.06. The van der Waals surface area contributed by atoms with E-state index in [-0.39, 0.29) is 6.42 Å². The lowest BCUT2D eigenvalue weighted by atomic mass is 10.0. The maximum Gasteiger partial charge on any atom is 0.303 e. The molecule has 0 radical (unpaired) electrons. The monoisotopic (exact) mass is 206 g/mol. The predicted molar refractivity (Wildman–Crippen MR) is 61.0 cm³/mol. The molecular formula is C13H18O2. The van der Waals surface area contributed by atoms with Crippen LogP contribution in [0.25, 0.3) is 0 Å². The minimum atomic E-state index is -0.698. The van der Waals surface area contributed by atoms with Gasteiger partial charge in [-0.3, -0.25) is 4.79 Å². The van der Waals surface area contributed by atoms with Crippen LogP contribution >= 0.6 is 0 Å². The molecule has 82 valence electrons. The lowest BCUT2D eigenvalue weighted by molar-refractivity contribution is -0.137. The van der Waals surface area contributed by atoms with E-state index in [1.54, 1.807) is 0 Å². The molecule has 1 aromatic rings. The maximum absolute atomic E-state index is 10.3. The van der Waals surface area contributed by atoms with Gasteiger partial charge in [0.1, 0.15) is 0 Å². The van der Waals surface area contributed by atoms with Crippen molar-refractivity contribution in [3.8, 4) is 0 Å². The van der Waals surface area contributed by atoms with E-state index >= 15 is 0 Å². The Balaban J connectivity index is 2.28. The first-order chi connectivity index (χ1) is 7.22. The Morgan fingerprint density at radius 2 is 1.73 bits per heavy atom. The molecule has 0 bridgehead atoms. The quantitative estimate of drug-likeness (QED) is 0.726. The van der Waals surface area contributed by atoms with Crippen LogP contribution in [0.15, 0.2) is 24.3 Å². The number of aliphatic carboxylic acids is 1. The Bertz CT molecular complexity index is 301. The number of rotatable bonds is 6. The molecule has 0 aliphatic rings. The summed E-state index contributed by atoms with van der Waals surface area (Å²) in [5, 5.41) is 8.48. The Hall–Kier alpha value is -1.31. The van der Waals surface area contributed by atoms with Crippen molar-refractivity contribution in [3.05, 3.63) is 35.4 Å². The number of benzene rings is 1. The molecular weight excluding hydrogens is 188 g/mol. The smallest absolute Gasteiger partial charge is 0.303 e. The number of carbonyl (C=O) groups is 1. The molecule has 0 fully saturated rings. The van der Waals surface area contributed by atoms with Crippen LogP contribution in [0.3, 0.4) is 0 Å². The minimum Gasteiger partial charge on any atom is -0.481 e. The van der Waals surface area contributed by atoms with Gasteiger partial charge in [-0.1, -0.05) is 31.2 Å². The second-order valence-corrected chi connectivity index (χ2v) is 3.77. The highest BCUT2D eigenvalue weighted by Crippen LogP contribution is 2.09. The molecule has 0 aromatic heterocycles. The molecule has 15 heavy (non-hydrogen) atoms. The molecule has 1 rings (SSSR count). The largest absolute Gasteiger partial charge is 0.481 e. The molecule has 1 N–H and O–H groups in total. The third kappa shape index (κ3) is 4.63. The van der Waals surface area contributed by atoms with Crippen molar-refractivity contribution in [2.45, 2.75) is 39.0 Å². The van der Waals surface area contributed by atoms with Crippen LogP contribution in [0.4, 0.5) is 0 Å². The number of carboxylic acids is 1. The Kier molecular flexibility index (Phi) is 4.88. The number of carboxylic acid groups (broad SMARTS) is 1. The van der Waals surface area contributed by atoms with Crippen molar-refractivity contribution in [2.75, 3.05) is 0 Å². The molecule has 0 heterocycles. The fourth-order valence-corrected chi connectivity index (χ4v) is 1.55. The van der Waals surface area contributed by atoms with E-state index < -0.39 is 5.97 Å². The van der Waals surface area contributed by atoms with Gasteiger partial charge in [-0.15, -0.1) is 0 Å². The van der Waals surface area contributed by atoms with Gasteiger partial charge in [0.25, 0.3) is 0 Å². The molecule has 1 aromatic carbocycles. The Morgan fingerprint density at radius 1 is 1.13 bits per heavy atom. The van der Waals surface area contributed by atoms with Crippen molar-refractivity contribution in [3.63, 3.8) is 0 Å². The number of aryl methyl sites for hydroxylation is 2. The van der Waals surface area contributed by atoms with Crippen molar-refractivity contribution in [1.29, 1.82) is 0 Å². The SMILES string of the molecule is CCc1ccc(CCCCC(=O)O)cc1. The average Bonchev–Trinajstić information content (AvgIpc) is 2.25.